The molecule has 0 atom stereocenters. The summed E-state index contributed by atoms with van der Waals surface area (Å²) in [6.45, 7) is 1.73. The van der Waals surface area contributed by atoms with Crippen LogP contribution in [-0.2, 0) is 0 Å². The van der Waals surface area contributed by atoms with Crippen LogP contribution in [0.2, 0.25) is 5.02 Å². The molecule has 1 aliphatic rings. The van der Waals surface area contributed by atoms with Crippen LogP contribution < -0.4 is 5.84 Å². The van der Waals surface area contributed by atoms with Crippen LogP contribution in [0.3, 0.4) is 0 Å². The van der Waals surface area contributed by atoms with E-state index in [2.05, 4.69) is 10.2 Å². The van der Waals surface area contributed by atoms with Gasteiger partial charge in [-0.1, -0.05) is 11.6 Å². The van der Waals surface area contributed by atoms with Crippen LogP contribution in [0, 0.1) is 0 Å². The van der Waals surface area contributed by atoms with Gasteiger partial charge in [0.1, 0.15) is 0 Å². The quantitative estimate of drug-likeness (QED) is 0.855. The molecule has 2 N–H and O–H groups in total. The molecule has 6 heteroatoms. The third-order valence-corrected chi connectivity index (χ3v) is 3.66. The Morgan fingerprint density at radius 3 is 2.53 bits per heavy atom. The zero-order chi connectivity index (χ0) is 13.2. The lowest BCUT2D eigenvalue weighted by Crippen LogP contribution is -2.38. The van der Waals surface area contributed by atoms with Gasteiger partial charge in [-0.05, 0) is 37.1 Å². The highest BCUT2D eigenvalue weighted by atomic mass is 35.5. The summed E-state index contributed by atoms with van der Waals surface area (Å²) in [6.07, 6.45) is 1.91. The minimum Gasteiger partial charge on any atom is -0.420 e. The molecule has 0 spiro atoms. The van der Waals surface area contributed by atoms with Gasteiger partial charge in [-0.25, -0.2) is 5.01 Å². The highest BCUT2D eigenvalue weighted by Gasteiger charge is 2.23. The number of hydrogen-bond acceptors (Lipinski definition) is 5. The van der Waals surface area contributed by atoms with Crippen molar-refractivity contribution in [1.29, 1.82) is 0 Å². The van der Waals surface area contributed by atoms with Crippen molar-refractivity contribution in [3.05, 3.63) is 35.2 Å². The minimum atomic E-state index is 0.313. The van der Waals surface area contributed by atoms with Gasteiger partial charge < -0.3 is 4.42 Å². The van der Waals surface area contributed by atoms with Gasteiger partial charge in [0.25, 0.3) is 0 Å². The summed E-state index contributed by atoms with van der Waals surface area (Å²) in [6, 6.07) is 7.38. The molecule has 0 amide bonds. The van der Waals surface area contributed by atoms with Gasteiger partial charge in [0.15, 0.2) is 0 Å². The fraction of sp³-hybridized carbons (Fsp3) is 0.385. The predicted molar refractivity (Wildman–Crippen MR) is 72.5 cm³/mol. The van der Waals surface area contributed by atoms with Crippen molar-refractivity contribution in [2.75, 3.05) is 13.1 Å². The third kappa shape index (κ3) is 2.78. The standard InChI is InChI=1S/C13H15ClN4O/c14-11-3-1-9(2-4-11)12-16-17-13(19-12)10-5-7-18(15)8-6-10/h1-4,10H,5-8,15H2. The van der Waals surface area contributed by atoms with Crippen LogP contribution in [0.15, 0.2) is 28.7 Å². The van der Waals surface area contributed by atoms with Crippen LogP contribution in [0.5, 0.6) is 0 Å². The second kappa shape index (κ2) is 5.28. The molecule has 0 unspecified atom stereocenters. The summed E-state index contributed by atoms with van der Waals surface area (Å²) in [5, 5.41) is 10.8. The van der Waals surface area contributed by atoms with Crippen molar-refractivity contribution >= 4 is 11.6 Å². The van der Waals surface area contributed by atoms with Crippen molar-refractivity contribution in [2.24, 2.45) is 5.84 Å². The topological polar surface area (TPSA) is 68.2 Å². The Kier molecular flexibility index (Phi) is 3.50. The van der Waals surface area contributed by atoms with E-state index in [1.54, 1.807) is 0 Å². The zero-order valence-electron chi connectivity index (χ0n) is 10.4. The van der Waals surface area contributed by atoms with E-state index in [-0.39, 0.29) is 0 Å². The molecule has 3 rings (SSSR count). The minimum absolute atomic E-state index is 0.313. The van der Waals surface area contributed by atoms with Crippen LogP contribution in [0.4, 0.5) is 0 Å². The van der Waals surface area contributed by atoms with E-state index in [0.29, 0.717) is 22.7 Å². The van der Waals surface area contributed by atoms with Gasteiger partial charge in [-0.3, -0.25) is 5.84 Å². The zero-order valence-corrected chi connectivity index (χ0v) is 11.2. The number of hydrazine groups is 1. The van der Waals surface area contributed by atoms with E-state index in [1.165, 1.54) is 0 Å². The molecule has 1 aromatic carbocycles. The van der Waals surface area contributed by atoms with Crippen molar-refractivity contribution in [3.63, 3.8) is 0 Å². The van der Waals surface area contributed by atoms with Gasteiger partial charge >= 0.3 is 0 Å². The first kappa shape index (κ1) is 12.6. The Morgan fingerprint density at radius 1 is 1.16 bits per heavy atom. The van der Waals surface area contributed by atoms with Gasteiger partial charge in [0.05, 0.1) is 0 Å². The van der Waals surface area contributed by atoms with Crippen molar-refractivity contribution in [1.82, 2.24) is 15.2 Å². The number of benzene rings is 1. The van der Waals surface area contributed by atoms with E-state index < -0.39 is 0 Å². The van der Waals surface area contributed by atoms with Gasteiger partial charge in [0.2, 0.25) is 11.8 Å². The first-order valence-corrected chi connectivity index (χ1v) is 6.69. The van der Waals surface area contributed by atoms with Crippen LogP contribution in [-0.4, -0.2) is 28.3 Å². The maximum absolute atomic E-state index is 5.86. The lowest BCUT2D eigenvalue weighted by atomic mass is 9.98. The number of halogens is 1. The lowest BCUT2D eigenvalue weighted by Gasteiger charge is -2.26. The molecule has 0 radical (unpaired) electrons. The fourth-order valence-electron chi connectivity index (χ4n) is 2.26. The second-order valence-corrected chi connectivity index (χ2v) is 5.20. The maximum Gasteiger partial charge on any atom is 0.247 e. The number of nitrogens with zero attached hydrogens (tertiary/aromatic N) is 3. The second-order valence-electron chi connectivity index (χ2n) is 4.76. The molecule has 0 bridgehead atoms. The Hall–Kier alpha value is -1.43. The smallest absolute Gasteiger partial charge is 0.247 e. The molecule has 0 aliphatic carbocycles. The summed E-state index contributed by atoms with van der Waals surface area (Å²) < 4.78 is 5.76. The van der Waals surface area contributed by atoms with Crippen LogP contribution in [0.25, 0.3) is 11.5 Å². The Labute approximate surface area is 116 Å². The maximum atomic E-state index is 5.86. The summed E-state index contributed by atoms with van der Waals surface area (Å²) >= 11 is 5.86. The monoisotopic (exact) mass is 278 g/mol. The molecule has 19 heavy (non-hydrogen) atoms. The van der Waals surface area contributed by atoms with E-state index in [0.717, 1.165) is 31.5 Å². The van der Waals surface area contributed by atoms with Gasteiger partial charge in [0, 0.05) is 29.6 Å². The van der Waals surface area contributed by atoms with Crippen molar-refractivity contribution < 1.29 is 4.42 Å². The summed E-state index contributed by atoms with van der Waals surface area (Å²) in [5.74, 6) is 7.30. The number of hydrogen-bond donors (Lipinski definition) is 1. The molecule has 5 nitrogen and oxygen atoms in total. The van der Waals surface area contributed by atoms with Gasteiger partial charge in [-0.2, -0.15) is 0 Å². The molecule has 1 fully saturated rings. The SMILES string of the molecule is NN1CCC(c2nnc(-c3ccc(Cl)cc3)o2)CC1. The van der Waals surface area contributed by atoms with Crippen molar-refractivity contribution in [2.45, 2.75) is 18.8 Å². The highest BCUT2D eigenvalue weighted by molar-refractivity contribution is 6.30. The number of piperidine rings is 1. The number of rotatable bonds is 2. The molecular formula is C13H15ClN4O. The molecule has 1 aromatic heterocycles. The summed E-state index contributed by atoms with van der Waals surface area (Å²) in [5.41, 5.74) is 0.888. The number of nitrogens with two attached hydrogens (primary N) is 1. The molecular weight excluding hydrogens is 264 g/mol. The average Bonchev–Trinajstić information content (AvgIpc) is 2.90. The third-order valence-electron chi connectivity index (χ3n) is 3.41. The largest absolute Gasteiger partial charge is 0.420 e. The summed E-state index contributed by atoms with van der Waals surface area (Å²) in [4.78, 5) is 0. The first-order valence-electron chi connectivity index (χ1n) is 6.31. The Morgan fingerprint density at radius 2 is 1.84 bits per heavy atom. The lowest BCUT2D eigenvalue weighted by molar-refractivity contribution is 0.204. The van der Waals surface area contributed by atoms with E-state index in [4.69, 9.17) is 21.9 Å². The van der Waals surface area contributed by atoms with E-state index in [1.807, 2.05) is 29.3 Å². The number of aromatic nitrogens is 2. The Bertz CT molecular complexity index is 546. The van der Waals surface area contributed by atoms with Gasteiger partial charge in [-0.15, -0.1) is 10.2 Å². The predicted octanol–water partition coefficient (Wildman–Crippen LogP) is 2.44. The molecule has 2 aromatic rings. The van der Waals surface area contributed by atoms with E-state index >= 15 is 0 Å². The highest BCUT2D eigenvalue weighted by Crippen LogP contribution is 2.28. The fourth-order valence-corrected chi connectivity index (χ4v) is 2.38. The molecule has 2 heterocycles. The molecule has 100 valence electrons. The van der Waals surface area contributed by atoms with E-state index in [9.17, 15) is 0 Å². The summed E-state index contributed by atoms with van der Waals surface area (Å²) in [7, 11) is 0. The Balaban J connectivity index is 1.77. The molecule has 1 aliphatic heterocycles. The normalized spacial score (nSPS) is 17.8. The molecule has 0 saturated carbocycles. The van der Waals surface area contributed by atoms with Crippen LogP contribution in [0.1, 0.15) is 24.7 Å². The average molecular weight is 279 g/mol. The first-order chi connectivity index (χ1) is 9.22. The van der Waals surface area contributed by atoms with Crippen molar-refractivity contribution in [3.8, 4) is 11.5 Å². The van der Waals surface area contributed by atoms with Crippen LogP contribution >= 0.6 is 11.6 Å². The molecule has 1 saturated heterocycles.